The van der Waals surface area contributed by atoms with Gasteiger partial charge in [0, 0.05) is 13.0 Å². The van der Waals surface area contributed by atoms with Crippen LogP contribution in [0, 0.1) is 0 Å². The van der Waals surface area contributed by atoms with E-state index in [2.05, 4.69) is 25.4 Å². The maximum atomic E-state index is 13.0. The Morgan fingerprint density at radius 2 is 1.93 bits per heavy atom. The normalized spacial score (nSPS) is 18.8. The van der Waals surface area contributed by atoms with Crippen LogP contribution in [-0.4, -0.2) is 66.8 Å². The Labute approximate surface area is 252 Å². The number of rotatable bonds is 11. The molecule has 1 aliphatic heterocycles. The van der Waals surface area contributed by atoms with Gasteiger partial charge in [-0.3, -0.25) is 13.9 Å². The van der Waals surface area contributed by atoms with Gasteiger partial charge in [0.05, 0.1) is 18.1 Å². The number of halogens is 3. The summed E-state index contributed by atoms with van der Waals surface area (Å²) in [6.07, 6.45) is -3.47. The molecule has 0 aliphatic carbocycles. The van der Waals surface area contributed by atoms with Gasteiger partial charge in [0.1, 0.15) is 41.8 Å². The van der Waals surface area contributed by atoms with Gasteiger partial charge in [-0.15, -0.1) is 0 Å². The molecular formula is C26H25F3N7O8P. The van der Waals surface area contributed by atoms with Crippen LogP contribution in [0.5, 0.6) is 11.5 Å². The number of phosphoric acid groups is 1. The summed E-state index contributed by atoms with van der Waals surface area (Å²) in [6, 6.07) is 10.7. The second-order valence-corrected chi connectivity index (χ2v) is 10.8. The first-order valence-electron chi connectivity index (χ1n) is 13.1. The van der Waals surface area contributed by atoms with E-state index < -0.39 is 50.5 Å². The summed E-state index contributed by atoms with van der Waals surface area (Å²) in [5, 5.41) is 6.26. The van der Waals surface area contributed by atoms with E-state index in [1.807, 2.05) is 0 Å². The SMILES string of the molecule is Nc1ncnc2c1ncn2[C@H]1C[C@H](OP(=O)(O)O)[C@@H](CNC(=O)CO/N=C/c2cccc(Oc3cccc(C(F)(F)F)c3)c2)O1. The molecule has 1 fully saturated rings. The van der Waals surface area contributed by atoms with E-state index >= 15 is 0 Å². The van der Waals surface area contributed by atoms with Crippen LogP contribution in [-0.2, 0) is 29.6 Å². The lowest BCUT2D eigenvalue weighted by atomic mass is 10.2. The Bertz CT molecular complexity index is 1750. The molecule has 3 heterocycles. The quantitative estimate of drug-likeness (QED) is 0.105. The van der Waals surface area contributed by atoms with Gasteiger partial charge in [0.25, 0.3) is 5.91 Å². The average molecular weight is 651 g/mol. The third-order valence-electron chi connectivity index (χ3n) is 6.38. The van der Waals surface area contributed by atoms with E-state index in [-0.39, 0.29) is 30.3 Å². The molecule has 238 valence electrons. The molecule has 0 radical (unpaired) electrons. The zero-order valence-electron chi connectivity index (χ0n) is 22.9. The number of nitrogen functional groups attached to an aromatic ring is 1. The number of carbonyl (C=O) groups excluding carboxylic acids is 1. The fourth-order valence-corrected chi connectivity index (χ4v) is 4.99. The molecule has 19 heteroatoms. The van der Waals surface area contributed by atoms with Crippen molar-refractivity contribution in [2.75, 3.05) is 18.9 Å². The van der Waals surface area contributed by atoms with E-state index in [0.29, 0.717) is 16.7 Å². The van der Waals surface area contributed by atoms with Crippen molar-refractivity contribution in [3.63, 3.8) is 0 Å². The van der Waals surface area contributed by atoms with Crippen molar-refractivity contribution in [3.8, 4) is 11.5 Å². The number of imidazole rings is 1. The second kappa shape index (κ2) is 13.2. The van der Waals surface area contributed by atoms with Gasteiger partial charge >= 0.3 is 14.0 Å². The molecule has 0 unspecified atom stereocenters. The van der Waals surface area contributed by atoms with Crippen LogP contribution in [0.3, 0.4) is 0 Å². The standard InChI is InChI=1S/C26H25F3N7O8P/c27-26(28,29)16-4-2-6-18(8-16)42-17-5-1-3-15(7-17)10-35-41-12-21(37)31-11-20-19(44-45(38,39)40)9-22(43-20)36-14-34-23-24(30)32-13-33-25(23)36/h1-8,10,13-14,19-20,22H,9,11-12H2,(H,31,37)(H2,30,32,33)(H2,38,39,40)/b35-10+/t19-,20+,22+/m0/s1. The van der Waals surface area contributed by atoms with Crippen LogP contribution in [0.25, 0.3) is 11.2 Å². The monoisotopic (exact) mass is 651 g/mol. The number of hydrogen-bond acceptors (Lipinski definition) is 11. The molecule has 15 nitrogen and oxygen atoms in total. The lowest BCUT2D eigenvalue weighted by Gasteiger charge is -2.19. The Morgan fingerprint density at radius 3 is 2.69 bits per heavy atom. The summed E-state index contributed by atoms with van der Waals surface area (Å²) in [7, 11) is -4.90. The first kappa shape index (κ1) is 31.8. The number of phosphoric ester groups is 1. The molecule has 3 atom stereocenters. The van der Waals surface area contributed by atoms with Gasteiger partial charge in [0.2, 0.25) is 0 Å². The van der Waals surface area contributed by atoms with E-state index in [0.717, 1.165) is 12.1 Å². The summed E-state index contributed by atoms with van der Waals surface area (Å²) < 4.78 is 68.3. The number of ether oxygens (including phenoxy) is 2. The van der Waals surface area contributed by atoms with E-state index in [1.54, 1.807) is 18.2 Å². The van der Waals surface area contributed by atoms with E-state index in [4.69, 9.17) is 24.6 Å². The molecule has 5 N–H and O–H groups in total. The topological polar surface area (TPSA) is 206 Å². The summed E-state index contributed by atoms with van der Waals surface area (Å²) in [5.41, 5.74) is 6.10. The number of anilines is 1. The number of alkyl halides is 3. The van der Waals surface area contributed by atoms with Crippen LogP contribution < -0.4 is 15.8 Å². The number of fused-ring (bicyclic) bond motifs is 1. The molecule has 1 saturated heterocycles. The number of oxime groups is 1. The van der Waals surface area contributed by atoms with Crippen LogP contribution in [0.1, 0.15) is 23.8 Å². The summed E-state index contributed by atoms with van der Waals surface area (Å²) in [4.78, 5) is 48.3. The highest BCUT2D eigenvalue weighted by Crippen LogP contribution is 2.44. The summed E-state index contributed by atoms with van der Waals surface area (Å²) >= 11 is 0. The lowest BCUT2D eigenvalue weighted by Crippen LogP contribution is -2.39. The molecule has 0 bridgehead atoms. The number of nitrogens with one attached hydrogen (secondary N) is 1. The van der Waals surface area contributed by atoms with Gasteiger partial charge in [-0.05, 0) is 35.9 Å². The van der Waals surface area contributed by atoms with Crippen molar-refractivity contribution in [1.29, 1.82) is 0 Å². The van der Waals surface area contributed by atoms with Gasteiger partial charge in [-0.25, -0.2) is 19.5 Å². The number of carbonyl (C=O) groups is 1. The molecule has 45 heavy (non-hydrogen) atoms. The summed E-state index contributed by atoms with van der Waals surface area (Å²) in [5.74, 6) is -0.237. The number of amides is 1. The molecular weight excluding hydrogens is 626 g/mol. The largest absolute Gasteiger partial charge is 0.469 e. The Kier molecular flexibility index (Phi) is 9.31. The average Bonchev–Trinajstić information content (AvgIpc) is 3.58. The second-order valence-electron chi connectivity index (χ2n) is 9.59. The minimum Gasteiger partial charge on any atom is -0.457 e. The van der Waals surface area contributed by atoms with Crippen LogP contribution in [0.4, 0.5) is 19.0 Å². The minimum atomic E-state index is -4.90. The first-order chi connectivity index (χ1) is 21.4. The molecule has 1 amide bonds. The van der Waals surface area contributed by atoms with Crippen molar-refractivity contribution >= 4 is 36.9 Å². The fourth-order valence-electron chi connectivity index (χ4n) is 4.41. The van der Waals surface area contributed by atoms with Gasteiger partial charge in [0.15, 0.2) is 18.1 Å². The van der Waals surface area contributed by atoms with Crippen molar-refractivity contribution in [2.45, 2.75) is 31.0 Å². The van der Waals surface area contributed by atoms with Crippen LogP contribution >= 0.6 is 7.82 Å². The minimum absolute atomic E-state index is 0.00164. The highest BCUT2D eigenvalue weighted by atomic mass is 31.2. The van der Waals surface area contributed by atoms with Crippen LogP contribution in [0.2, 0.25) is 0 Å². The highest BCUT2D eigenvalue weighted by molar-refractivity contribution is 7.46. The molecule has 0 spiro atoms. The highest BCUT2D eigenvalue weighted by Gasteiger charge is 2.41. The predicted molar refractivity (Wildman–Crippen MR) is 150 cm³/mol. The molecule has 2 aromatic heterocycles. The Morgan fingerprint density at radius 1 is 1.18 bits per heavy atom. The first-order valence-corrected chi connectivity index (χ1v) is 14.6. The number of hydrogen-bond donors (Lipinski definition) is 4. The van der Waals surface area contributed by atoms with Gasteiger partial charge in [-0.2, -0.15) is 13.2 Å². The van der Waals surface area contributed by atoms with Crippen molar-refractivity contribution in [1.82, 2.24) is 24.8 Å². The van der Waals surface area contributed by atoms with Crippen molar-refractivity contribution in [3.05, 3.63) is 72.3 Å². The zero-order valence-corrected chi connectivity index (χ0v) is 23.8. The maximum Gasteiger partial charge on any atom is 0.469 e. The Hall–Kier alpha value is -4.61. The molecule has 5 rings (SSSR count). The molecule has 2 aromatic carbocycles. The maximum absolute atomic E-state index is 13.0. The molecule has 4 aromatic rings. The van der Waals surface area contributed by atoms with E-state index in [9.17, 15) is 32.3 Å². The Balaban J connectivity index is 1.14. The van der Waals surface area contributed by atoms with Gasteiger partial charge < -0.3 is 35.1 Å². The lowest BCUT2D eigenvalue weighted by molar-refractivity contribution is -0.137. The van der Waals surface area contributed by atoms with Crippen molar-refractivity contribution in [2.24, 2.45) is 5.16 Å². The number of nitrogens with two attached hydrogens (primary N) is 1. The smallest absolute Gasteiger partial charge is 0.457 e. The number of aromatic nitrogens is 4. The van der Waals surface area contributed by atoms with E-state index in [1.165, 1.54) is 41.6 Å². The fraction of sp³-hybridized carbons (Fsp3) is 0.269. The summed E-state index contributed by atoms with van der Waals surface area (Å²) in [6.45, 7) is -0.703. The third-order valence-corrected chi connectivity index (χ3v) is 6.92. The number of benzene rings is 2. The predicted octanol–water partition coefficient (Wildman–Crippen LogP) is 3.15. The molecule has 0 saturated carbocycles. The third kappa shape index (κ3) is 8.31. The number of nitrogens with zero attached hydrogens (tertiary/aromatic N) is 5. The van der Waals surface area contributed by atoms with Crippen LogP contribution in [0.15, 0.2) is 66.3 Å². The zero-order chi connectivity index (χ0) is 32.2. The van der Waals surface area contributed by atoms with Gasteiger partial charge in [-0.1, -0.05) is 23.4 Å². The molecule has 1 aliphatic rings. The van der Waals surface area contributed by atoms with Crippen molar-refractivity contribution < 1.29 is 51.2 Å².